The van der Waals surface area contributed by atoms with E-state index in [4.69, 9.17) is 4.74 Å². The second-order valence-electron chi connectivity index (χ2n) is 6.33. The fourth-order valence-corrected chi connectivity index (χ4v) is 3.11. The Labute approximate surface area is 159 Å². The summed E-state index contributed by atoms with van der Waals surface area (Å²) < 4.78 is 44.5. The van der Waals surface area contributed by atoms with Gasteiger partial charge in [-0.15, -0.1) is 0 Å². The number of nitrogens with one attached hydrogen (secondary N) is 1. The minimum absolute atomic E-state index is 0.0865. The van der Waals surface area contributed by atoms with Crippen molar-refractivity contribution in [1.29, 1.82) is 0 Å². The number of sulfonamides is 1. The number of carbonyl (C=O) groups excluding carboxylic acids is 1. The van der Waals surface area contributed by atoms with E-state index in [2.05, 4.69) is 5.32 Å². The zero-order valence-corrected chi connectivity index (χ0v) is 16.3. The Balaban J connectivity index is 2.15. The van der Waals surface area contributed by atoms with Crippen molar-refractivity contribution in [2.45, 2.75) is 26.5 Å². The van der Waals surface area contributed by atoms with Crippen LogP contribution in [0.25, 0.3) is 0 Å². The highest BCUT2D eigenvalue weighted by Gasteiger charge is 2.22. The van der Waals surface area contributed by atoms with Crippen LogP contribution in [0.3, 0.4) is 0 Å². The van der Waals surface area contributed by atoms with Crippen molar-refractivity contribution in [1.82, 2.24) is 4.31 Å². The molecule has 0 aliphatic rings. The van der Waals surface area contributed by atoms with Gasteiger partial charge in [0.25, 0.3) is 0 Å². The molecule has 2 rings (SSSR count). The van der Waals surface area contributed by atoms with Crippen LogP contribution >= 0.6 is 0 Å². The Hall–Kier alpha value is -2.45. The van der Waals surface area contributed by atoms with Gasteiger partial charge in [-0.1, -0.05) is 30.3 Å². The lowest BCUT2D eigenvalue weighted by Gasteiger charge is -2.20. The first-order valence-corrected chi connectivity index (χ1v) is 10.3. The number of rotatable bonds is 8. The fourth-order valence-electron chi connectivity index (χ4n) is 2.38. The molecular formula is C19H23FN2O4S. The molecule has 8 heteroatoms. The number of anilines is 1. The third-order valence-corrected chi connectivity index (χ3v) is 4.81. The van der Waals surface area contributed by atoms with Crippen LogP contribution < -0.4 is 10.1 Å². The van der Waals surface area contributed by atoms with Gasteiger partial charge >= 0.3 is 0 Å². The summed E-state index contributed by atoms with van der Waals surface area (Å²) in [6.45, 7) is 3.04. The summed E-state index contributed by atoms with van der Waals surface area (Å²) in [4.78, 5) is 12.4. The van der Waals surface area contributed by atoms with Crippen molar-refractivity contribution in [3.8, 4) is 5.75 Å². The molecule has 0 saturated carbocycles. The quantitative estimate of drug-likeness (QED) is 0.747. The molecule has 0 atom stereocenters. The standard InChI is InChI=1S/C19H23FN2O4S/c1-14(2)26-18-11-7-6-10-17(18)21-19(23)13-22(27(3,24)25)12-15-8-4-5-9-16(15)20/h4-11,14H,12-13H2,1-3H3,(H,21,23). The van der Waals surface area contributed by atoms with E-state index in [0.717, 1.165) is 10.6 Å². The molecule has 2 aromatic carbocycles. The first kappa shape index (κ1) is 20.9. The zero-order valence-electron chi connectivity index (χ0n) is 15.5. The van der Waals surface area contributed by atoms with E-state index in [1.54, 1.807) is 30.3 Å². The van der Waals surface area contributed by atoms with Crippen molar-refractivity contribution in [2.75, 3.05) is 18.1 Å². The SMILES string of the molecule is CC(C)Oc1ccccc1NC(=O)CN(Cc1ccccc1F)S(C)(=O)=O. The van der Waals surface area contributed by atoms with Gasteiger partial charge in [0.15, 0.2) is 0 Å². The van der Waals surface area contributed by atoms with Crippen molar-refractivity contribution in [2.24, 2.45) is 0 Å². The van der Waals surface area contributed by atoms with Gasteiger partial charge in [-0.25, -0.2) is 12.8 Å². The number of hydrogen-bond donors (Lipinski definition) is 1. The van der Waals surface area contributed by atoms with Gasteiger partial charge in [0.1, 0.15) is 11.6 Å². The van der Waals surface area contributed by atoms with Crippen LogP contribution in [0, 0.1) is 5.82 Å². The molecule has 146 valence electrons. The highest BCUT2D eigenvalue weighted by molar-refractivity contribution is 7.88. The molecule has 6 nitrogen and oxygen atoms in total. The number of carbonyl (C=O) groups is 1. The molecule has 0 radical (unpaired) electrons. The predicted octanol–water partition coefficient (Wildman–Crippen LogP) is 3.01. The molecule has 27 heavy (non-hydrogen) atoms. The van der Waals surface area contributed by atoms with Gasteiger partial charge in [0.2, 0.25) is 15.9 Å². The maximum Gasteiger partial charge on any atom is 0.239 e. The molecule has 0 spiro atoms. The van der Waals surface area contributed by atoms with Gasteiger partial charge in [-0.3, -0.25) is 4.79 Å². The average Bonchev–Trinajstić information content (AvgIpc) is 2.56. The van der Waals surface area contributed by atoms with Crippen LogP contribution in [-0.2, 0) is 21.4 Å². The highest BCUT2D eigenvalue weighted by Crippen LogP contribution is 2.25. The maximum atomic E-state index is 13.9. The number of para-hydroxylation sites is 2. The summed E-state index contributed by atoms with van der Waals surface area (Å²) in [5.74, 6) is -0.584. The summed E-state index contributed by atoms with van der Waals surface area (Å²) in [5, 5.41) is 2.66. The van der Waals surface area contributed by atoms with Crippen molar-refractivity contribution in [3.05, 3.63) is 59.9 Å². The van der Waals surface area contributed by atoms with Crippen LogP contribution in [0.1, 0.15) is 19.4 Å². The molecule has 0 aliphatic carbocycles. The number of amides is 1. The summed E-state index contributed by atoms with van der Waals surface area (Å²) in [5.41, 5.74) is 0.634. The summed E-state index contributed by atoms with van der Waals surface area (Å²) in [6, 6.07) is 12.7. The van der Waals surface area contributed by atoms with Gasteiger partial charge in [0, 0.05) is 12.1 Å². The smallest absolute Gasteiger partial charge is 0.239 e. The largest absolute Gasteiger partial charge is 0.489 e. The molecular weight excluding hydrogens is 371 g/mol. The van der Waals surface area contributed by atoms with Crippen LogP contribution in [0.5, 0.6) is 5.75 Å². The number of nitrogens with zero attached hydrogens (tertiary/aromatic N) is 1. The Kier molecular flexibility index (Phi) is 6.92. The minimum atomic E-state index is -3.72. The topological polar surface area (TPSA) is 75.7 Å². The first-order chi connectivity index (χ1) is 12.7. The number of hydrogen-bond acceptors (Lipinski definition) is 4. The van der Waals surface area contributed by atoms with Crippen molar-refractivity contribution >= 4 is 21.6 Å². The average molecular weight is 394 g/mol. The monoisotopic (exact) mass is 394 g/mol. The van der Waals surface area contributed by atoms with Crippen LogP contribution in [0.2, 0.25) is 0 Å². The third-order valence-electron chi connectivity index (χ3n) is 3.62. The van der Waals surface area contributed by atoms with Crippen molar-refractivity contribution < 1.29 is 22.3 Å². The van der Waals surface area contributed by atoms with Crippen molar-refractivity contribution in [3.63, 3.8) is 0 Å². The fraction of sp³-hybridized carbons (Fsp3) is 0.316. The Morgan fingerprint density at radius 2 is 1.78 bits per heavy atom. The zero-order chi connectivity index (χ0) is 20.0. The summed E-state index contributed by atoms with van der Waals surface area (Å²) in [7, 11) is -3.72. The molecule has 1 amide bonds. The Bertz CT molecular complexity index is 900. The maximum absolute atomic E-state index is 13.9. The minimum Gasteiger partial charge on any atom is -0.489 e. The Morgan fingerprint density at radius 3 is 2.41 bits per heavy atom. The molecule has 0 aromatic heterocycles. The van der Waals surface area contributed by atoms with Gasteiger partial charge in [-0.05, 0) is 32.0 Å². The second kappa shape index (κ2) is 8.96. The second-order valence-corrected chi connectivity index (χ2v) is 8.32. The molecule has 0 fully saturated rings. The highest BCUT2D eigenvalue weighted by atomic mass is 32.2. The lowest BCUT2D eigenvalue weighted by Crippen LogP contribution is -2.37. The van der Waals surface area contributed by atoms with E-state index in [9.17, 15) is 17.6 Å². The molecule has 0 aliphatic heterocycles. The van der Waals surface area contributed by atoms with E-state index < -0.39 is 28.3 Å². The molecule has 0 unspecified atom stereocenters. The van der Waals surface area contributed by atoms with Gasteiger partial charge in [0.05, 0.1) is 24.6 Å². The molecule has 2 aromatic rings. The normalized spacial score (nSPS) is 11.6. The molecule has 1 N–H and O–H groups in total. The van der Waals surface area contributed by atoms with Crippen LogP contribution in [0.4, 0.5) is 10.1 Å². The van der Waals surface area contributed by atoms with E-state index in [-0.39, 0.29) is 18.2 Å². The Morgan fingerprint density at radius 1 is 1.15 bits per heavy atom. The van der Waals surface area contributed by atoms with Gasteiger partial charge in [-0.2, -0.15) is 4.31 Å². The summed E-state index contributed by atoms with van der Waals surface area (Å²) in [6.07, 6.45) is 0.897. The lowest BCUT2D eigenvalue weighted by molar-refractivity contribution is -0.116. The molecule has 0 bridgehead atoms. The van der Waals surface area contributed by atoms with E-state index in [0.29, 0.717) is 11.4 Å². The number of halogens is 1. The van der Waals surface area contributed by atoms with Crippen LogP contribution in [-0.4, -0.2) is 37.5 Å². The lowest BCUT2D eigenvalue weighted by atomic mass is 10.2. The number of ether oxygens (including phenoxy) is 1. The van der Waals surface area contributed by atoms with E-state index >= 15 is 0 Å². The third kappa shape index (κ3) is 6.33. The van der Waals surface area contributed by atoms with E-state index in [1.807, 2.05) is 13.8 Å². The van der Waals surface area contributed by atoms with Gasteiger partial charge < -0.3 is 10.1 Å². The number of benzene rings is 2. The summed E-state index contributed by atoms with van der Waals surface area (Å²) >= 11 is 0. The first-order valence-electron chi connectivity index (χ1n) is 8.41. The van der Waals surface area contributed by atoms with E-state index in [1.165, 1.54) is 18.2 Å². The predicted molar refractivity (Wildman–Crippen MR) is 102 cm³/mol. The molecule has 0 heterocycles. The van der Waals surface area contributed by atoms with Crippen LogP contribution in [0.15, 0.2) is 48.5 Å². The molecule has 0 saturated heterocycles.